The maximum atomic E-state index is 13.5. The number of para-hydroxylation sites is 1. The molecule has 4 N–H and O–H groups in total. The fourth-order valence-electron chi connectivity index (χ4n) is 9.19. The number of carbonyl (C=O) groups is 5. The molecule has 0 saturated carbocycles. The van der Waals surface area contributed by atoms with Gasteiger partial charge in [-0.25, -0.2) is 9.36 Å². The van der Waals surface area contributed by atoms with Gasteiger partial charge < -0.3 is 39.8 Å². The number of imide groups is 1. The third-order valence-corrected chi connectivity index (χ3v) is 12.6. The Morgan fingerprint density at radius 2 is 1.59 bits per heavy atom. The Labute approximate surface area is 392 Å². The average Bonchev–Trinajstić information content (AvgIpc) is 4.08. The second-order valence-electron chi connectivity index (χ2n) is 16.9. The molecule has 5 aromatic rings. The maximum Gasteiger partial charge on any atom is 0.276 e. The number of piperidine rings is 2. The first kappa shape index (κ1) is 45.7. The zero-order valence-electron chi connectivity index (χ0n) is 37.4. The van der Waals surface area contributed by atoms with E-state index in [-0.39, 0.29) is 54.9 Å². The van der Waals surface area contributed by atoms with Crippen molar-refractivity contribution in [2.45, 2.75) is 57.3 Å². The van der Waals surface area contributed by atoms with Crippen LogP contribution in [-0.2, 0) is 36.9 Å². The number of carbonyl (C=O) groups excluding carboxylic acids is 5. The SMILES string of the molecule is NC(=O)c1c(-c2ccc(Oc3ccccc3)cc2)nn2c1NCC[C@H]2C1CCN(C(=O)c2cn(CCOCCOCCOCC#Cc3cccc4c3CN(C3CCC(=O)NC3=O)C4=O)nn2)CC1. The molecule has 352 valence electrons. The normalized spacial score (nSPS) is 18.0. The van der Waals surface area contributed by atoms with Crippen molar-refractivity contribution < 1.29 is 42.9 Å². The Balaban J connectivity index is 0.667. The molecule has 19 nitrogen and oxygen atoms in total. The number of ether oxygens (including phenoxy) is 4. The molecule has 1 unspecified atom stereocenters. The van der Waals surface area contributed by atoms with Gasteiger partial charge in [0.25, 0.3) is 17.7 Å². The highest BCUT2D eigenvalue weighted by molar-refractivity contribution is 6.06. The molecule has 4 aliphatic heterocycles. The number of likely N-dealkylation sites (tertiary alicyclic amines) is 1. The summed E-state index contributed by atoms with van der Waals surface area (Å²) >= 11 is 0. The summed E-state index contributed by atoms with van der Waals surface area (Å²) in [6.45, 7) is 4.42. The highest BCUT2D eigenvalue weighted by Gasteiger charge is 2.40. The van der Waals surface area contributed by atoms with Crippen LogP contribution in [0.5, 0.6) is 11.5 Å². The monoisotopic (exact) mass is 924 g/mol. The van der Waals surface area contributed by atoms with Gasteiger partial charge in [0.2, 0.25) is 11.8 Å². The Kier molecular flexibility index (Phi) is 14.2. The predicted molar refractivity (Wildman–Crippen MR) is 245 cm³/mol. The zero-order chi connectivity index (χ0) is 47.0. The summed E-state index contributed by atoms with van der Waals surface area (Å²) in [5, 5.41) is 19.0. The van der Waals surface area contributed by atoms with E-state index < -0.39 is 17.9 Å². The number of hydrogen-bond acceptors (Lipinski definition) is 13. The van der Waals surface area contributed by atoms with Crippen molar-refractivity contribution in [3.63, 3.8) is 0 Å². The first-order valence-electron chi connectivity index (χ1n) is 22.9. The summed E-state index contributed by atoms with van der Waals surface area (Å²) in [5.74, 6) is 6.59. The molecule has 9 rings (SSSR count). The van der Waals surface area contributed by atoms with Gasteiger partial charge >= 0.3 is 0 Å². The fraction of sp³-hybridized carbons (Fsp3) is 0.388. The summed E-state index contributed by atoms with van der Waals surface area (Å²) in [7, 11) is 0. The van der Waals surface area contributed by atoms with Gasteiger partial charge in [0.1, 0.15) is 41.2 Å². The van der Waals surface area contributed by atoms with E-state index in [2.05, 4.69) is 32.8 Å². The predicted octanol–water partition coefficient (Wildman–Crippen LogP) is 3.80. The van der Waals surface area contributed by atoms with Crippen LogP contribution in [0.1, 0.15) is 80.5 Å². The van der Waals surface area contributed by atoms with E-state index in [4.69, 9.17) is 29.8 Å². The standard InChI is InChI=1S/C49H52N10O9/c50-45(61)43-44(34-11-13-36(14-12-34)68-35-8-2-1-3-9-35)54-59-40(17-20-51-46(43)59)33-18-21-56(22-19-33)49(64)39-31-57(55-53-39)23-25-66-27-29-67-28-26-65-24-5-7-32-6-4-10-37-38(32)30-58(48(37)63)41-15-16-42(60)52-47(41)62/h1-4,6,8-14,31,33,40-41,51H,15-30H2,(H2,50,61)(H,52,60,62)/t40-,41?/m0/s1. The lowest BCUT2D eigenvalue weighted by atomic mass is 9.86. The summed E-state index contributed by atoms with van der Waals surface area (Å²) in [5.41, 5.74) is 9.85. The number of hydrogen-bond donors (Lipinski definition) is 3. The van der Waals surface area contributed by atoms with Crippen molar-refractivity contribution in [1.82, 2.24) is 39.9 Å². The molecule has 68 heavy (non-hydrogen) atoms. The Morgan fingerprint density at radius 1 is 0.838 bits per heavy atom. The van der Waals surface area contributed by atoms with E-state index in [1.807, 2.05) is 70.2 Å². The number of amides is 5. The van der Waals surface area contributed by atoms with E-state index >= 15 is 0 Å². The molecule has 2 atom stereocenters. The van der Waals surface area contributed by atoms with Gasteiger partial charge in [-0.05, 0) is 85.7 Å². The van der Waals surface area contributed by atoms with Crippen molar-refractivity contribution in [1.29, 1.82) is 0 Å². The van der Waals surface area contributed by atoms with Crippen molar-refractivity contribution in [3.8, 4) is 34.6 Å². The second kappa shape index (κ2) is 21.1. The van der Waals surface area contributed by atoms with E-state index in [1.165, 1.54) is 4.90 Å². The number of nitrogens with one attached hydrogen (secondary N) is 2. The number of anilines is 1. The average molecular weight is 925 g/mol. The van der Waals surface area contributed by atoms with Crippen molar-refractivity contribution >= 4 is 35.4 Å². The molecule has 6 heterocycles. The van der Waals surface area contributed by atoms with E-state index in [1.54, 1.807) is 23.0 Å². The quantitative estimate of drug-likeness (QED) is 0.0686. The molecular formula is C49H52N10O9. The van der Waals surface area contributed by atoms with E-state index in [0.717, 1.165) is 36.1 Å². The summed E-state index contributed by atoms with van der Waals surface area (Å²) in [6, 6.07) is 21.6. The molecule has 2 saturated heterocycles. The van der Waals surface area contributed by atoms with Gasteiger partial charge in [-0.3, -0.25) is 29.3 Å². The van der Waals surface area contributed by atoms with E-state index in [9.17, 15) is 24.0 Å². The number of aromatic nitrogens is 5. The summed E-state index contributed by atoms with van der Waals surface area (Å²) < 4.78 is 26.4. The van der Waals surface area contributed by atoms with Crippen molar-refractivity contribution in [3.05, 3.63) is 107 Å². The van der Waals surface area contributed by atoms with Gasteiger partial charge in [-0.15, -0.1) is 5.10 Å². The molecule has 0 aliphatic carbocycles. The Hall–Kier alpha value is -7.40. The summed E-state index contributed by atoms with van der Waals surface area (Å²) in [6.07, 6.45) is 4.50. The van der Waals surface area contributed by atoms with Crippen LogP contribution >= 0.6 is 0 Å². The van der Waals surface area contributed by atoms with Gasteiger partial charge in [0.05, 0.1) is 51.8 Å². The molecule has 2 fully saturated rings. The largest absolute Gasteiger partial charge is 0.457 e. The van der Waals surface area contributed by atoms with Crippen LogP contribution in [0.2, 0.25) is 0 Å². The summed E-state index contributed by atoms with van der Waals surface area (Å²) in [4.78, 5) is 66.6. The number of nitrogens with two attached hydrogens (primary N) is 1. The minimum absolute atomic E-state index is 0.0308. The third kappa shape index (κ3) is 10.3. The maximum absolute atomic E-state index is 13.5. The Bertz CT molecular complexity index is 2720. The molecular weight excluding hydrogens is 873 g/mol. The number of nitrogens with zero attached hydrogens (tertiary/aromatic N) is 7. The van der Waals surface area contributed by atoms with Gasteiger partial charge in [-0.2, -0.15) is 5.10 Å². The lowest BCUT2D eigenvalue weighted by molar-refractivity contribution is -0.136. The number of rotatable bonds is 17. The molecule has 0 spiro atoms. The first-order valence-corrected chi connectivity index (χ1v) is 22.9. The van der Waals surface area contributed by atoms with Crippen LogP contribution in [0.3, 0.4) is 0 Å². The number of benzene rings is 3. The van der Waals surface area contributed by atoms with Gasteiger partial charge in [0.15, 0.2) is 5.69 Å². The van der Waals surface area contributed by atoms with Crippen LogP contribution in [0.15, 0.2) is 79.0 Å². The molecule has 0 bridgehead atoms. The van der Waals surface area contributed by atoms with Crippen molar-refractivity contribution in [2.24, 2.45) is 11.7 Å². The molecule has 3 aromatic carbocycles. The minimum atomic E-state index is -0.680. The first-order chi connectivity index (χ1) is 33.2. The number of primary amides is 1. The van der Waals surface area contributed by atoms with Gasteiger partial charge in [-0.1, -0.05) is 41.3 Å². The number of fused-ring (bicyclic) bond motifs is 2. The zero-order valence-corrected chi connectivity index (χ0v) is 37.4. The lowest BCUT2D eigenvalue weighted by Crippen LogP contribution is -2.52. The Morgan fingerprint density at radius 3 is 2.35 bits per heavy atom. The fourth-order valence-corrected chi connectivity index (χ4v) is 9.19. The highest BCUT2D eigenvalue weighted by Crippen LogP contribution is 2.40. The topological polar surface area (TPSA) is 227 Å². The molecule has 2 aromatic heterocycles. The molecule has 5 amide bonds. The lowest BCUT2D eigenvalue weighted by Gasteiger charge is -2.38. The highest BCUT2D eigenvalue weighted by atomic mass is 16.5. The molecule has 0 radical (unpaired) electrons. The minimum Gasteiger partial charge on any atom is -0.457 e. The molecule has 19 heteroatoms. The third-order valence-electron chi connectivity index (χ3n) is 12.6. The second-order valence-corrected chi connectivity index (χ2v) is 16.9. The van der Waals surface area contributed by atoms with Crippen LogP contribution in [0.4, 0.5) is 5.82 Å². The van der Waals surface area contributed by atoms with Crippen LogP contribution < -0.4 is 21.1 Å². The van der Waals surface area contributed by atoms with Gasteiger partial charge in [0, 0.05) is 49.3 Å². The van der Waals surface area contributed by atoms with E-state index in [0.29, 0.717) is 99.6 Å². The van der Waals surface area contributed by atoms with Crippen molar-refractivity contribution in [2.75, 3.05) is 64.6 Å². The van der Waals surface area contributed by atoms with Crippen LogP contribution in [0.25, 0.3) is 11.3 Å². The molecule has 4 aliphatic rings. The smallest absolute Gasteiger partial charge is 0.276 e. The van der Waals surface area contributed by atoms with Crippen LogP contribution in [-0.4, -0.2) is 129 Å². The van der Waals surface area contributed by atoms with Crippen LogP contribution in [0, 0.1) is 17.8 Å².